The second-order valence-corrected chi connectivity index (χ2v) is 7.99. The highest BCUT2D eigenvalue weighted by Crippen LogP contribution is 2.34. The number of amides is 1. The van der Waals surface area contributed by atoms with Gasteiger partial charge in [0, 0.05) is 37.9 Å². The highest BCUT2D eigenvalue weighted by Gasteiger charge is 2.45. The van der Waals surface area contributed by atoms with Crippen LogP contribution in [0.4, 0.5) is 26.3 Å². The van der Waals surface area contributed by atoms with Crippen LogP contribution in [0.1, 0.15) is 24.2 Å². The molecule has 38 heavy (non-hydrogen) atoms. The first kappa shape index (κ1) is 30.6. The quantitative estimate of drug-likeness (QED) is 0.475. The minimum atomic E-state index is -5.08. The Bertz CT molecular complexity index is 1020. The highest BCUT2D eigenvalue weighted by molar-refractivity contribution is 5.81. The lowest BCUT2D eigenvalue weighted by atomic mass is 10.1. The topological polar surface area (TPSA) is 142 Å². The summed E-state index contributed by atoms with van der Waals surface area (Å²) >= 11 is 0. The zero-order valence-electron chi connectivity index (χ0n) is 19.4. The number of pyridine rings is 1. The van der Waals surface area contributed by atoms with Crippen LogP contribution in [-0.2, 0) is 32.2 Å². The fraction of sp³-hybridized carbons (Fsp3) is 0.455. The summed E-state index contributed by atoms with van der Waals surface area (Å²) in [5, 5.41) is 17.2. The van der Waals surface area contributed by atoms with Crippen molar-refractivity contribution in [3.63, 3.8) is 0 Å². The first-order chi connectivity index (χ1) is 17.7. The van der Waals surface area contributed by atoms with Crippen molar-refractivity contribution in [1.82, 2.24) is 15.2 Å². The summed E-state index contributed by atoms with van der Waals surface area (Å²) in [6.45, 7) is 2.25. The fourth-order valence-corrected chi connectivity index (χ4v) is 3.61. The molecule has 2 aliphatic rings. The number of rotatable bonds is 5. The molecule has 0 saturated carbocycles. The summed E-state index contributed by atoms with van der Waals surface area (Å²) < 4.78 is 74.9. The van der Waals surface area contributed by atoms with Crippen LogP contribution in [-0.4, -0.2) is 75.1 Å². The molecule has 1 amide bonds. The van der Waals surface area contributed by atoms with E-state index in [4.69, 9.17) is 29.0 Å². The minimum Gasteiger partial charge on any atom is -0.475 e. The maximum atomic E-state index is 12.4. The SMILES string of the molecule is O=C(NCc1cccnc1)[C@@H]1C[C@H]2[C@H](CCN2Cc2ccco2)O1.O=C(O)C(F)(F)F.O=C(O)C(F)(F)F. The lowest BCUT2D eigenvalue weighted by molar-refractivity contribution is -0.193. The number of carbonyl (C=O) groups is 3. The molecule has 2 aromatic heterocycles. The number of alkyl halides is 6. The van der Waals surface area contributed by atoms with Crippen LogP contribution in [0.3, 0.4) is 0 Å². The van der Waals surface area contributed by atoms with Gasteiger partial charge in [-0.3, -0.25) is 14.7 Å². The van der Waals surface area contributed by atoms with Crippen LogP contribution in [0.5, 0.6) is 0 Å². The molecule has 4 rings (SSSR count). The molecule has 2 aromatic rings. The molecule has 0 unspecified atom stereocenters. The van der Waals surface area contributed by atoms with E-state index in [1.54, 1.807) is 18.7 Å². The molecule has 0 bridgehead atoms. The van der Waals surface area contributed by atoms with Gasteiger partial charge in [0.2, 0.25) is 5.91 Å². The molecule has 4 heterocycles. The van der Waals surface area contributed by atoms with E-state index < -0.39 is 24.3 Å². The Balaban J connectivity index is 0.000000301. The van der Waals surface area contributed by atoms with Crippen LogP contribution < -0.4 is 5.32 Å². The fourth-order valence-electron chi connectivity index (χ4n) is 3.61. The van der Waals surface area contributed by atoms with Gasteiger partial charge in [0.05, 0.1) is 18.9 Å². The Hall–Kier alpha value is -3.66. The van der Waals surface area contributed by atoms with Crippen LogP contribution in [0.25, 0.3) is 0 Å². The van der Waals surface area contributed by atoms with Crippen LogP contribution >= 0.6 is 0 Å². The van der Waals surface area contributed by atoms with Crippen molar-refractivity contribution in [3.05, 3.63) is 54.2 Å². The molecule has 3 atom stereocenters. The third-order valence-corrected chi connectivity index (χ3v) is 5.30. The summed E-state index contributed by atoms with van der Waals surface area (Å²) in [6.07, 6.45) is -3.49. The maximum absolute atomic E-state index is 12.4. The maximum Gasteiger partial charge on any atom is 0.490 e. The number of aliphatic carboxylic acids is 2. The molecule has 0 spiro atoms. The summed E-state index contributed by atoms with van der Waals surface area (Å²) in [5.74, 6) is -4.59. The van der Waals surface area contributed by atoms with Gasteiger partial charge in [-0.25, -0.2) is 9.59 Å². The van der Waals surface area contributed by atoms with Crippen molar-refractivity contribution in [1.29, 1.82) is 0 Å². The smallest absolute Gasteiger partial charge is 0.475 e. The molecule has 0 aliphatic carbocycles. The number of aromatic nitrogens is 1. The number of furan rings is 1. The Morgan fingerprint density at radius 2 is 1.68 bits per heavy atom. The molecular weight excluding hydrogens is 532 g/mol. The molecule has 3 N–H and O–H groups in total. The zero-order chi connectivity index (χ0) is 28.5. The number of fused-ring (bicyclic) bond motifs is 1. The molecule has 10 nitrogen and oxygen atoms in total. The number of ether oxygens (including phenoxy) is 1. The average Bonchev–Trinajstić information content (AvgIpc) is 3.57. The normalized spacial score (nSPS) is 20.8. The number of carbonyl (C=O) groups excluding carboxylic acids is 1. The average molecular weight is 555 g/mol. The van der Waals surface area contributed by atoms with E-state index in [2.05, 4.69) is 15.2 Å². The summed E-state index contributed by atoms with van der Waals surface area (Å²) in [4.78, 5) is 36.6. The van der Waals surface area contributed by atoms with Crippen molar-refractivity contribution in [2.24, 2.45) is 0 Å². The third kappa shape index (κ3) is 9.66. The Morgan fingerprint density at radius 3 is 2.18 bits per heavy atom. The Kier molecular flexibility index (Phi) is 10.6. The summed E-state index contributed by atoms with van der Waals surface area (Å²) in [7, 11) is 0. The van der Waals surface area contributed by atoms with Gasteiger partial charge in [-0.2, -0.15) is 26.3 Å². The van der Waals surface area contributed by atoms with Crippen LogP contribution in [0, 0.1) is 0 Å². The van der Waals surface area contributed by atoms with Gasteiger partial charge in [0.25, 0.3) is 0 Å². The van der Waals surface area contributed by atoms with E-state index in [0.29, 0.717) is 12.6 Å². The van der Waals surface area contributed by atoms with Crippen LogP contribution in [0.15, 0.2) is 47.3 Å². The Labute approximate surface area is 211 Å². The van der Waals surface area contributed by atoms with E-state index in [-0.39, 0.29) is 18.1 Å². The summed E-state index contributed by atoms with van der Waals surface area (Å²) in [5.41, 5.74) is 0.989. The van der Waals surface area contributed by atoms with E-state index >= 15 is 0 Å². The lowest BCUT2D eigenvalue weighted by Gasteiger charge is -2.21. The number of nitrogens with zero attached hydrogens (tertiary/aromatic N) is 2. The second-order valence-electron chi connectivity index (χ2n) is 7.99. The predicted octanol–water partition coefficient (Wildman–Crippen LogP) is 2.99. The monoisotopic (exact) mass is 555 g/mol. The van der Waals surface area contributed by atoms with E-state index in [0.717, 1.165) is 37.3 Å². The van der Waals surface area contributed by atoms with Crippen molar-refractivity contribution >= 4 is 17.8 Å². The number of carboxylic acids is 2. The first-order valence-electron chi connectivity index (χ1n) is 10.9. The molecule has 0 aromatic carbocycles. The number of nitrogens with one attached hydrogen (secondary N) is 1. The number of hydrogen-bond acceptors (Lipinski definition) is 7. The number of hydrogen-bond donors (Lipinski definition) is 3. The van der Waals surface area contributed by atoms with Gasteiger partial charge in [-0.15, -0.1) is 0 Å². The van der Waals surface area contributed by atoms with Crippen molar-refractivity contribution in [2.75, 3.05) is 6.54 Å². The second kappa shape index (κ2) is 13.2. The van der Waals surface area contributed by atoms with Crippen molar-refractivity contribution in [2.45, 2.75) is 56.5 Å². The molecule has 2 fully saturated rings. The van der Waals surface area contributed by atoms with Gasteiger partial charge in [0.1, 0.15) is 11.9 Å². The number of carboxylic acid groups (broad SMARTS) is 2. The van der Waals surface area contributed by atoms with E-state index in [1.807, 2.05) is 24.3 Å². The molecule has 2 saturated heterocycles. The van der Waals surface area contributed by atoms with Crippen LogP contribution in [0.2, 0.25) is 0 Å². The van der Waals surface area contributed by atoms with Crippen molar-refractivity contribution in [3.8, 4) is 0 Å². The number of halogens is 6. The van der Waals surface area contributed by atoms with Gasteiger partial charge in [-0.05, 0) is 30.2 Å². The van der Waals surface area contributed by atoms with Crippen molar-refractivity contribution < 1.29 is 60.1 Å². The largest absolute Gasteiger partial charge is 0.490 e. The standard InChI is InChI=1S/C18H21N3O3.2C2HF3O2/c22-18(20-11-13-3-1-6-19-10-13)17-9-15-16(24-17)5-7-21(15)12-14-4-2-8-23-14;2*3-2(4,5)1(6)7/h1-4,6,8,10,15-17H,5,7,9,11-12H2,(H,20,22);2*(H,6,7)/t15-,16-,17-;;/m0../s1. The highest BCUT2D eigenvalue weighted by atomic mass is 19.4. The minimum absolute atomic E-state index is 0.0359. The van der Waals surface area contributed by atoms with E-state index in [9.17, 15) is 31.1 Å². The Morgan fingerprint density at radius 1 is 1.05 bits per heavy atom. The molecule has 0 radical (unpaired) electrons. The zero-order valence-corrected chi connectivity index (χ0v) is 19.4. The lowest BCUT2D eigenvalue weighted by Crippen LogP contribution is -2.36. The number of likely N-dealkylation sites (tertiary alicyclic amines) is 1. The van der Waals surface area contributed by atoms with Gasteiger partial charge in [-0.1, -0.05) is 6.07 Å². The van der Waals surface area contributed by atoms with E-state index in [1.165, 1.54) is 0 Å². The van der Waals surface area contributed by atoms with Gasteiger partial charge < -0.3 is 24.7 Å². The third-order valence-electron chi connectivity index (χ3n) is 5.30. The van der Waals surface area contributed by atoms with Gasteiger partial charge >= 0.3 is 24.3 Å². The molecule has 2 aliphatic heterocycles. The van der Waals surface area contributed by atoms with Gasteiger partial charge in [0.15, 0.2) is 0 Å². The molecule has 16 heteroatoms. The molecule has 210 valence electrons. The first-order valence-corrected chi connectivity index (χ1v) is 10.9. The molecular formula is C22H23F6N3O7. The predicted molar refractivity (Wildman–Crippen MR) is 114 cm³/mol. The summed E-state index contributed by atoms with van der Waals surface area (Å²) in [6, 6.07) is 8.00.